The second kappa shape index (κ2) is 8.68. The van der Waals surface area contributed by atoms with Crippen molar-refractivity contribution in [3.8, 4) is 0 Å². The lowest BCUT2D eigenvalue weighted by molar-refractivity contribution is -0.129. The Morgan fingerprint density at radius 2 is 1.80 bits per heavy atom. The normalized spacial score (nSPS) is 10.8. The van der Waals surface area contributed by atoms with E-state index < -0.39 is 0 Å². The van der Waals surface area contributed by atoms with Gasteiger partial charge in [-0.25, -0.2) is 0 Å². The molecule has 8 heteroatoms. The van der Waals surface area contributed by atoms with Gasteiger partial charge in [0.1, 0.15) is 5.01 Å². The summed E-state index contributed by atoms with van der Waals surface area (Å²) in [6.45, 7) is 3.24. The van der Waals surface area contributed by atoms with Gasteiger partial charge in [0.25, 0.3) is 5.91 Å². The summed E-state index contributed by atoms with van der Waals surface area (Å²) in [4.78, 5) is 27.2. The van der Waals surface area contributed by atoms with Crippen LogP contribution in [0.2, 0.25) is 0 Å². The molecule has 0 aliphatic carbocycles. The van der Waals surface area contributed by atoms with Crippen molar-refractivity contribution in [3.63, 3.8) is 0 Å². The van der Waals surface area contributed by atoms with Gasteiger partial charge in [0.05, 0.1) is 13.1 Å². The first kappa shape index (κ1) is 19.0. The van der Waals surface area contributed by atoms with Crippen molar-refractivity contribution in [2.24, 2.45) is 0 Å². The van der Waals surface area contributed by atoms with Crippen LogP contribution in [0.1, 0.15) is 25.9 Å². The molecule has 0 unspecified atom stereocenters. The van der Waals surface area contributed by atoms with Crippen LogP contribution in [0.15, 0.2) is 24.3 Å². The number of nitrogens with zero attached hydrogens (tertiary/aromatic N) is 4. The maximum absolute atomic E-state index is 12.2. The van der Waals surface area contributed by atoms with Crippen LogP contribution < -0.4 is 5.32 Å². The van der Waals surface area contributed by atoms with Crippen LogP contribution in [0.25, 0.3) is 0 Å². The molecule has 0 saturated carbocycles. The summed E-state index contributed by atoms with van der Waals surface area (Å²) in [5.41, 5.74) is 2.21. The molecule has 0 saturated heterocycles. The molecule has 0 fully saturated rings. The monoisotopic (exact) mass is 361 g/mol. The number of hydrogen-bond donors (Lipinski definition) is 1. The van der Waals surface area contributed by atoms with Gasteiger partial charge in [0.15, 0.2) is 0 Å². The number of carbonyl (C=O) groups is 2. The molecule has 0 atom stereocenters. The number of benzene rings is 1. The van der Waals surface area contributed by atoms with Crippen LogP contribution in [0.5, 0.6) is 0 Å². The first-order valence-electron chi connectivity index (χ1n) is 7.90. The fourth-order valence-corrected chi connectivity index (χ4v) is 2.87. The van der Waals surface area contributed by atoms with E-state index in [0.717, 1.165) is 5.56 Å². The molecule has 2 amide bonds. The van der Waals surface area contributed by atoms with Gasteiger partial charge >= 0.3 is 0 Å². The second-order valence-electron chi connectivity index (χ2n) is 6.13. The summed E-state index contributed by atoms with van der Waals surface area (Å²) in [5.74, 6) is -0.223. The molecule has 0 aliphatic heterocycles. The third-order valence-corrected chi connectivity index (χ3v) is 4.45. The zero-order valence-electron chi connectivity index (χ0n) is 14.9. The van der Waals surface area contributed by atoms with Gasteiger partial charge in [-0.3, -0.25) is 14.5 Å². The van der Waals surface area contributed by atoms with Crippen molar-refractivity contribution in [1.82, 2.24) is 25.3 Å². The zero-order valence-corrected chi connectivity index (χ0v) is 15.8. The molecular weight excluding hydrogens is 338 g/mol. The Kier molecular flexibility index (Phi) is 6.60. The maximum atomic E-state index is 12.2. The van der Waals surface area contributed by atoms with Gasteiger partial charge in [0, 0.05) is 20.6 Å². The van der Waals surface area contributed by atoms with Gasteiger partial charge in [-0.2, -0.15) is 0 Å². The molecule has 1 N–H and O–H groups in total. The number of hydrogen-bond acceptors (Lipinski definition) is 6. The minimum atomic E-state index is -0.239. The SMILES string of the molecule is Cc1ccc(CNC(=O)c2nnc(CN(C)CC(=O)N(C)C)s2)cc1. The fraction of sp³-hybridized carbons (Fsp3) is 0.412. The summed E-state index contributed by atoms with van der Waals surface area (Å²) in [6, 6.07) is 7.99. The lowest BCUT2D eigenvalue weighted by Crippen LogP contribution is -2.34. The van der Waals surface area contributed by atoms with E-state index >= 15 is 0 Å². The van der Waals surface area contributed by atoms with Crippen LogP contribution >= 0.6 is 11.3 Å². The van der Waals surface area contributed by atoms with Gasteiger partial charge in [-0.1, -0.05) is 41.2 Å². The van der Waals surface area contributed by atoms with Crippen molar-refractivity contribution in [2.75, 3.05) is 27.7 Å². The molecule has 1 aromatic heterocycles. The first-order valence-corrected chi connectivity index (χ1v) is 8.71. The van der Waals surface area contributed by atoms with E-state index in [1.165, 1.54) is 16.9 Å². The highest BCUT2D eigenvalue weighted by Gasteiger charge is 2.15. The minimum Gasteiger partial charge on any atom is -0.348 e. The summed E-state index contributed by atoms with van der Waals surface area (Å²) < 4.78 is 0. The van der Waals surface area contributed by atoms with Crippen molar-refractivity contribution in [3.05, 3.63) is 45.4 Å². The van der Waals surface area contributed by atoms with Crippen molar-refractivity contribution >= 4 is 23.2 Å². The van der Waals surface area contributed by atoms with E-state index in [1.54, 1.807) is 19.0 Å². The van der Waals surface area contributed by atoms with E-state index in [4.69, 9.17) is 0 Å². The topological polar surface area (TPSA) is 78.4 Å². The predicted octanol–water partition coefficient (Wildman–Crippen LogP) is 1.30. The lowest BCUT2D eigenvalue weighted by atomic mass is 10.1. The average Bonchev–Trinajstić information content (AvgIpc) is 3.02. The molecule has 1 heterocycles. The summed E-state index contributed by atoms with van der Waals surface area (Å²) in [6.07, 6.45) is 0. The molecular formula is C17H23N5O2S. The Hall–Kier alpha value is -2.32. The van der Waals surface area contributed by atoms with Gasteiger partial charge in [-0.05, 0) is 19.5 Å². The highest BCUT2D eigenvalue weighted by Crippen LogP contribution is 2.12. The summed E-state index contributed by atoms with van der Waals surface area (Å²) >= 11 is 1.24. The van der Waals surface area contributed by atoms with E-state index in [2.05, 4.69) is 15.5 Å². The first-order chi connectivity index (χ1) is 11.8. The minimum absolute atomic E-state index is 0.0167. The van der Waals surface area contributed by atoms with Crippen molar-refractivity contribution in [1.29, 1.82) is 0 Å². The Morgan fingerprint density at radius 1 is 1.12 bits per heavy atom. The predicted molar refractivity (Wildman–Crippen MR) is 97.3 cm³/mol. The number of nitrogens with one attached hydrogen (secondary N) is 1. The molecule has 0 bridgehead atoms. The van der Waals surface area contributed by atoms with Crippen LogP contribution in [0, 0.1) is 6.92 Å². The number of aromatic nitrogens is 2. The summed E-state index contributed by atoms with van der Waals surface area (Å²) in [5, 5.41) is 11.9. The lowest BCUT2D eigenvalue weighted by Gasteiger charge is -2.17. The second-order valence-corrected chi connectivity index (χ2v) is 7.19. The highest BCUT2D eigenvalue weighted by molar-refractivity contribution is 7.13. The molecule has 1 aromatic carbocycles. The Morgan fingerprint density at radius 3 is 2.44 bits per heavy atom. The van der Waals surface area contributed by atoms with E-state index in [9.17, 15) is 9.59 Å². The van der Waals surface area contributed by atoms with Crippen LogP contribution in [-0.2, 0) is 17.9 Å². The summed E-state index contributed by atoms with van der Waals surface area (Å²) in [7, 11) is 5.27. The molecule has 2 aromatic rings. The highest BCUT2D eigenvalue weighted by atomic mass is 32.1. The van der Waals surface area contributed by atoms with E-state index in [1.807, 2.05) is 43.1 Å². The standard InChI is InChI=1S/C17H23N5O2S/c1-12-5-7-13(8-6-12)9-18-16(24)17-20-19-14(25-17)10-22(4)11-15(23)21(2)3/h5-8H,9-11H2,1-4H3,(H,18,24). The van der Waals surface area contributed by atoms with Crippen LogP contribution in [-0.4, -0.2) is 59.5 Å². The molecule has 2 rings (SSSR count). The molecule has 25 heavy (non-hydrogen) atoms. The van der Waals surface area contributed by atoms with Gasteiger partial charge in [0.2, 0.25) is 10.9 Å². The van der Waals surface area contributed by atoms with E-state index in [0.29, 0.717) is 29.6 Å². The number of rotatable bonds is 7. The molecule has 0 radical (unpaired) electrons. The maximum Gasteiger partial charge on any atom is 0.282 e. The fourth-order valence-electron chi connectivity index (χ4n) is 2.03. The third-order valence-electron chi connectivity index (χ3n) is 3.54. The molecule has 0 aliphatic rings. The Labute approximate surface area is 151 Å². The van der Waals surface area contributed by atoms with Gasteiger partial charge < -0.3 is 10.2 Å². The average molecular weight is 361 g/mol. The Balaban J connectivity index is 1.86. The molecule has 7 nitrogen and oxygen atoms in total. The zero-order chi connectivity index (χ0) is 18.4. The van der Waals surface area contributed by atoms with Gasteiger partial charge in [-0.15, -0.1) is 10.2 Å². The molecule has 0 spiro atoms. The number of aryl methyl sites for hydroxylation is 1. The Bertz CT molecular complexity index is 727. The van der Waals surface area contributed by atoms with Crippen LogP contribution in [0.3, 0.4) is 0 Å². The largest absolute Gasteiger partial charge is 0.348 e. The van der Waals surface area contributed by atoms with Crippen LogP contribution in [0.4, 0.5) is 0 Å². The molecule has 134 valence electrons. The number of amides is 2. The van der Waals surface area contributed by atoms with Crippen molar-refractivity contribution < 1.29 is 9.59 Å². The number of likely N-dealkylation sites (N-methyl/N-ethyl adjacent to an activating group) is 2. The quantitative estimate of drug-likeness (QED) is 0.804. The van der Waals surface area contributed by atoms with Crippen molar-refractivity contribution in [2.45, 2.75) is 20.0 Å². The third kappa shape index (κ3) is 5.91. The smallest absolute Gasteiger partial charge is 0.282 e. The van der Waals surface area contributed by atoms with E-state index in [-0.39, 0.29) is 11.8 Å². The number of carbonyl (C=O) groups excluding carboxylic acids is 2.